The van der Waals surface area contributed by atoms with Gasteiger partial charge in [-0.05, 0) is 58.3 Å². The van der Waals surface area contributed by atoms with Crippen molar-refractivity contribution in [3.8, 4) is 11.8 Å². The van der Waals surface area contributed by atoms with Gasteiger partial charge in [0, 0.05) is 17.7 Å². The Hall–Kier alpha value is -4.50. The molecular weight excluding hydrogens is 407 g/mol. The molecule has 0 amide bonds. The van der Waals surface area contributed by atoms with E-state index in [0.29, 0.717) is 16.9 Å². The van der Waals surface area contributed by atoms with E-state index < -0.39 is 4.92 Å². The first-order chi connectivity index (χ1) is 15.5. The molecule has 0 aromatic heterocycles. The lowest BCUT2D eigenvalue weighted by atomic mass is 9.98. The molecule has 0 heterocycles. The molecule has 5 nitrogen and oxygen atoms in total. The van der Waals surface area contributed by atoms with Crippen molar-refractivity contribution in [1.29, 1.82) is 5.26 Å². The third-order valence-electron chi connectivity index (χ3n) is 5.04. The standard InChI is InChI=1S/C26H17FN2O3/c27-22-10-5-18(6-11-22)17-32-26-14-9-20-3-1-2-4-24(20)25(26)15-21(16-28)19-7-12-23(13-8-19)29(30)31/h1-15H,17H2/b21-15-. The number of non-ortho nitro benzene ring substituents is 1. The zero-order valence-electron chi connectivity index (χ0n) is 16.9. The number of fused-ring (bicyclic) bond motifs is 1. The molecule has 0 bridgehead atoms. The minimum atomic E-state index is -0.481. The summed E-state index contributed by atoms with van der Waals surface area (Å²) in [6.07, 6.45) is 1.73. The number of allylic oxidation sites excluding steroid dienone is 1. The van der Waals surface area contributed by atoms with Crippen molar-refractivity contribution in [2.24, 2.45) is 0 Å². The lowest BCUT2D eigenvalue weighted by molar-refractivity contribution is -0.384. The van der Waals surface area contributed by atoms with E-state index in [9.17, 15) is 19.8 Å². The number of hydrogen-bond donors (Lipinski definition) is 0. The Morgan fingerprint density at radius 3 is 2.41 bits per heavy atom. The van der Waals surface area contributed by atoms with Gasteiger partial charge in [-0.1, -0.05) is 42.5 Å². The van der Waals surface area contributed by atoms with Gasteiger partial charge in [-0.3, -0.25) is 10.1 Å². The number of nitro benzene ring substituents is 1. The lowest BCUT2D eigenvalue weighted by Crippen LogP contribution is -1.98. The van der Waals surface area contributed by atoms with Gasteiger partial charge in [0.1, 0.15) is 18.2 Å². The second-order valence-electron chi connectivity index (χ2n) is 7.09. The molecule has 0 saturated heterocycles. The van der Waals surface area contributed by atoms with Crippen LogP contribution in [0.4, 0.5) is 10.1 Å². The zero-order valence-corrected chi connectivity index (χ0v) is 16.9. The highest BCUT2D eigenvalue weighted by Crippen LogP contribution is 2.33. The molecule has 4 aromatic carbocycles. The van der Waals surface area contributed by atoms with E-state index in [0.717, 1.165) is 21.9 Å². The van der Waals surface area contributed by atoms with Crippen molar-refractivity contribution in [3.05, 3.63) is 118 Å². The molecule has 156 valence electrons. The van der Waals surface area contributed by atoms with Gasteiger partial charge < -0.3 is 4.74 Å². The highest BCUT2D eigenvalue weighted by Gasteiger charge is 2.12. The van der Waals surface area contributed by atoms with E-state index in [1.54, 1.807) is 30.3 Å². The van der Waals surface area contributed by atoms with Crippen molar-refractivity contribution in [3.63, 3.8) is 0 Å². The number of nitriles is 1. The molecule has 4 aromatic rings. The summed E-state index contributed by atoms with van der Waals surface area (Å²) >= 11 is 0. The average Bonchev–Trinajstić information content (AvgIpc) is 2.82. The van der Waals surface area contributed by atoms with Crippen molar-refractivity contribution in [2.45, 2.75) is 6.61 Å². The number of rotatable bonds is 6. The van der Waals surface area contributed by atoms with Gasteiger partial charge in [-0.2, -0.15) is 5.26 Å². The summed E-state index contributed by atoms with van der Waals surface area (Å²) < 4.78 is 19.2. The first kappa shape index (κ1) is 20.8. The molecule has 0 atom stereocenters. The van der Waals surface area contributed by atoms with E-state index in [-0.39, 0.29) is 18.1 Å². The van der Waals surface area contributed by atoms with E-state index in [1.165, 1.54) is 24.3 Å². The summed E-state index contributed by atoms with van der Waals surface area (Å²) in [5, 5.41) is 22.6. The maximum absolute atomic E-state index is 13.2. The van der Waals surface area contributed by atoms with Crippen LogP contribution in [-0.4, -0.2) is 4.92 Å². The Labute approximate surface area is 183 Å². The summed E-state index contributed by atoms with van der Waals surface area (Å²) in [5.41, 5.74) is 2.41. The molecule has 0 N–H and O–H groups in total. The van der Waals surface area contributed by atoms with Crippen LogP contribution in [0.3, 0.4) is 0 Å². The number of hydrogen-bond acceptors (Lipinski definition) is 4. The molecule has 0 radical (unpaired) electrons. The average molecular weight is 424 g/mol. The number of halogens is 1. The Kier molecular flexibility index (Phi) is 5.91. The zero-order chi connectivity index (χ0) is 22.5. The predicted molar refractivity (Wildman–Crippen MR) is 121 cm³/mol. The van der Waals surface area contributed by atoms with Crippen LogP contribution in [0, 0.1) is 27.3 Å². The van der Waals surface area contributed by atoms with Gasteiger partial charge in [-0.25, -0.2) is 4.39 Å². The second kappa shape index (κ2) is 9.11. The number of nitrogens with zero attached hydrogens (tertiary/aromatic N) is 2. The minimum absolute atomic E-state index is 0.0421. The first-order valence-corrected chi connectivity index (χ1v) is 9.81. The molecule has 4 rings (SSSR count). The number of nitro groups is 1. The van der Waals surface area contributed by atoms with Crippen LogP contribution in [0.1, 0.15) is 16.7 Å². The van der Waals surface area contributed by atoms with Crippen LogP contribution in [0.25, 0.3) is 22.4 Å². The summed E-state index contributed by atoms with van der Waals surface area (Å²) in [4.78, 5) is 10.4. The van der Waals surface area contributed by atoms with Gasteiger partial charge in [-0.15, -0.1) is 0 Å². The van der Waals surface area contributed by atoms with Crippen LogP contribution in [0.15, 0.2) is 84.9 Å². The molecule has 6 heteroatoms. The largest absolute Gasteiger partial charge is 0.488 e. The van der Waals surface area contributed by atoms with Crippen LogP contribution in [0.2, 0.25) is 0 Å². The van der Waals surface area contributed by atoms with Crippen LogP contribution < -0.4 is 4.74 Å². The third kappa shape index (κ3) is 4.47. The highest BCUT2D eigenvalue weighted by molar-refractivity contribution is 6.00. The monoisotopic (exact) mass is 424 g/mol. The van der Waals surface area contributed by atoms with Crippen molar-refractivity contribution in [2.75, 3.05) is 0 Å². The maximum atomic E-state index is 13.2. The summed E-state index contributed by atoms with van der Waals surface area (Å²) in [6, 6.07) is 25.6. The molecule has 0 aliphatic heterocycles. The molecule has 32 heavy (non-hydrogen) atoms. The number of ether oxygens (including phenoxy) is 1. The predicted octanol–water partition coefficient (Wildman–Crippen LogP) is 6.53. The van der Waals surface area contributed by atoms with Crippen molar-refractivity contribution in [1.82, 2.24) is 0 Å². The van der Waals surface area contributed by atoms with Crippen molar-refractivity contribution >= 4 is 28.1 Å². The van der Waals surface area contributed by atoms with E-state index in [1.807, 2.05) is 36.4 Å². The first-order valence-electron chi connectivity index (χ1n) is 9.81. The van der Waals surface area contributed by atoms with Gasteiger partial charge in [0.05, 0.1) is 16.6 Å². The maximum Gasteiger partial charge on any atom is 0.269 e. The Balaban J connectivity index is 1.76. The molecule has 0 aliphatic rings. The third-order valence-corrected chi connectivity index (χ3v) is 5.04. The summed E-state index contributed by atoms with van der Waals surface area (Å²) in [7, 11) is 0. The molecule has 0 aliphatic carbocycles. The highest BCUT2D eigenvalue weighted by atomic mass is 19.1. The van der Waals surface area contributed by atoms with E-state index in [2.05, 4.69) is 6.07 Å². The Bertz CT molecular complexity index is 1350. The topological polar surface area (TPSA) is 76.2 Å². The van der Waals surface area contributed by atoms with Crippen LogP contribution in [-0.2, 0) is 6.61 Å². The van der Waals surface area contributed by atoms with Crippen LogP contribution >= 0.6 is 0 Å². The SMILES string of the molecule is N#C/C(=C/c1c(OCc2ccc(F)cc2)ccc2ccccc12)c1ccc([N+](=O)[O-])cc1. The fourth-order valence-electron chi connectivity index (χ4n) is 3.38. The molecular formula is C26H17FN2O3. The van der Waals surface area contributed by atoms with Gasteiger partial charge >= 0.3 is 0 Å². The van der Waals surface area contributed by atoms with E-state index in [4.69, 9.17) is 4.74 Å². The number of benzene rings is 4. The Morgan fingerprint density at radius 1 is 1.00 bits per heavy atom. The second-order valence-corrected chi connectivity index (χ2v) is 7.09. The lowest BCUT2D eigenvalue weighted by Gasteiger charge is -2.13. The normalized spacial score (nSPS) is 11.2. The van der Waals surface area contributed by atoms with Crippen molar-refractivity contribution < 1.29 is 14.1 Å². The quantitative estimate of drug-likeness (QED) is 0.153. The summed E-state index contributed by atoms with van der Waals surface area (Å²) in [5.74, 6) is 0.257. The van der Waals surface area contributed by atoms with Gasteiger partial charge in [0.2, 0.25) is 0 Å². The van der Waals surface area contributed by atoms with E-state index >= 15 is 0 Å². The van der Waals surface area contributed by atoms with Crippen LogP contribution in [0.5, 0.6) is 5.75 Å². The fraction of sp³-hybridized carbons (Fsp3) is 0.0385. The van der Waals surface area contributed by atoms with Gasteiger partial charge in [0.25, 0.3) is 5.69 Å². The Morgan fingerprint density at radius 2 is 1.72 bits per heavy atom. The fourth-order valence-corrected chi connectivity index (χ4v) is 3.38. The van der Waals surface area contributed by atoms with Gasteiger partial charge in [0.15, 0.2) is 0 Å². The molecule has 0 unspecified atom stereocenters. The molecule has 0 saturated carbocycles. The minimum Gasteiger partial charge on any atom is -0.488 e. The summed E-state index contributed by atoms with van der Waals surface area (Å²) in [6.45, 7) is 0.235. The molecule has 0 fully saturated rings. The molecule has 0 spiro atoms. The smallest absolute Gasteiger partial charge is 0.269 e.